The van der Waals surface area contributed by atoms with Crippen molar-refractivity contribution in [1.82, 2.24) is 0 Å². The van der Waals surface area contributed by atoms with Crippen LogP contribution < -0.4 is 0 Å². The lowest BCUT2D eigenvalue weighted by Gasteiger charge is -2.18. The molecule has 20 heavy (non-hydrogen) atoms. The van der Waals surface area contributed by atoms with Gasteiger partial charge in [-0.3, -0.25) is 0 Å². The normalized spacial score (nSPS) is 26.9. The van der Waals surface area contributed by atoms with E-state index in [1.807, 2.05) is 0 Å². The summed E-state index contributed by atoms with van der Waals surface area (Å²) in [5.41, 5.74) is 2.47. The van der Waals surface area contributed by atoms with Crippen LogP contribution in [0.2, 0.25) is 0 Å². The molecule has 4 unspecified atom stereocenters. The largest absolute Gasteiger partial charge is 0.0948 e. The van der Waals surface area contributed by atoms with Crippen LogP contribution in [0.3, 0.4) is 0 Å². The fraction of sp³-hybridized carbons (Fsp3) is 0.600. The van der Waals surface area contributed by atoms with Crippen LogP contribution in [0.5, 0.6) is 0 Å². The molecule has 1 fully saturated rings. The third-order valence-electron chi connectivity index (χ3n) is 5.20. The van der Waals surface area contributed by atoms with Crippen LogP contribution in [-0.2, 0) is 0 Å². The van der Waals surface area contributed by atoms with Gasteiger partial charge in [-0.2, -0.15) is 0 Å². The van der Waals surface area contributed by atoms with E-state index < -0.39 is 0 Å². The zero-order valence-electron chi connectivity index (χ0n) is 13.4. The van der Waals surface area contributed by atoms with Crippen LogP contribution in [0.4, 0.5) is 0 Å². The molecule has 0 heteroatoms. The van der Waals surface area contributed by atoms with E-state index in [9.17, 15) is 0 Å². The molecular formula is C20H28. The Morgan fingerprint density at radius 1 is 1.20 bits per heavy atom. The SMILES string of the molecule is Cc1ccccc1C#CC(C)CCC1CCC(C)C1C. The van der Waals surface area contributed by atoms with Gasteiger partial charge in [-0.1, -0.05) is 57.2 Å². The summed E-state index contributed by atoms with van der Waals surface area (Å²) in [5.74, 6) is 10.1. The Hall–Kier alpha value is -1.22. The van der Waals surface area contributed by atoms with E-state index in [2.05, 4.69) is 63.8 Å². The van der Waals surface area contributed by atoms with Gasteiger partial charge in [0.05, 0.1) is 0 Å². The molecule has 0 N–H and O–H groups in total. The predicted molar refractivity (Wildman–Crippen MR) is 87.5 cm³/mol. The van der Waals surface area contributed by atoms with E-state index >= 15 is 0 Å². The second-order valence-electron chi connectivity index (χ2n) is 6.74. The third-order valence-corrected chi connectivity index (χ3v) is 5.20. The van der Waals surface area contributed by atoms with Gasteiger partial charge in [0.15, 0.2) is 0 Å². The molecule has 1 aliphatic rings. The summed E-state index contributed by atoms with van der Waals surface area (Å²) in [6, 6.07) is 8.40. The number of hydrogen-bond donors (Lipinski definition) is 0. The van der Waals surface area contributed by atoms with Crippen LogP contribution in [0, 0.1) is 42.4 Å². The van der Waals surface area contributed by atoms with Crippen molar-refractivity contribution in [3.63, 3.8) is 0 Å². The Morgan fingerprint density at radius 2 is 1.95 bits per heavy atom. The van der Waals surface area contributed by atoms with Gasteiger partial charge < -0.3 is 0 Å². The maximum atomic E-state index is 3.44. The number of hydrogen-bond acceptors (Lipinski definition) is 0. The Morgan fingerprint density at radius 3 is 2.60 bits per heavy atom. The monoisotopic (exact) mass is 268 g/mol. The van der Waals surface area contributed by atoms with Crippen molar-refractivity contribution in [2.75, 3.05) is 0 Å². The first-order valence-electron chi connectivity index (χ1n) is 8.15. The Balaban J connectivity index is 1.85. The quantitative estimate of drug-likeness (QED) is 0.640. The van der Waals surface area contributed by atoms with Crippen molar-refractivity contribution in [2.45, 2.75) is 53.4 Å². The second kappa shape index (κ2) is 6.98. The predicted octanol–water partition coefficient (Wildman–Crippen LogP) is 5.45. The summed E-state index contributed by atoms with van der Waals surface area (Å²) in [6.07, 6.45) is 5.46. The highest BCUT2D eigenvalue weighted by Gasteiger charge is 2.29. The van der Waals surface area contributed by atoms with Crippen molar-refractivity contribution < 1.29 is 0 Å². The first-order valence-corrected chi connectivity index (χ1v) is 8.15. The maximum absolute atomic E-state index is 3.44. The number of aryl methyl sites for hydroxylation is 1. The van der Waals surface area contributed by atoms with Gasteiger partial charge in [0, 0.05) is 11.5 Å². The van der Waals surface area contributed by atoms with Crippen molar-refractivity contribution in [1.29, 1.82) is 0 Å². The summed E-state index contributed by atoms with van der Waals surface area (Å²) < 4.78 is 0. The van der Waals surface area contributed by atoms with E-state index in [1.54, 1.807) is 0 Å². The minimum Gasteiger partial charge on any atom is -0.0948 e. The zero-order valence-corrected chi connectivity index (χ0v) is 13.4. The summed E-state index contributed by atoms with van der Waals surface area (Å²) in [5, 5.41) is 0. The van der Waals surface area contributed by atoms with Gasteiger partial charge in [0.25, 0.3) is 0 Å². The molecule has 4 atom stereocenters. The van der Waals surface area contributed by atoms with Crippen LogP contribution >= 0.6 is 0 Å². The number of rotatable bonds is 3. The van der Waals surface area contributed by atoms with Crippen LogP contribution in [0.15, 0.2) is 24.3 Å². The molecule has 2 rings (SSSR count). The highest BCUT2D eigenvalue weighted by atomic mass is 14.3. The molecular weight excluding hydrogens is 240 g/mol. The van der Waals surface area contributed by atoms with E-state index in [0.29, 0.717) is 5.92 Å². The van der Waals surface area contributed by atoms with Crippen LogP contribution in [-0.4, -0.2) is 0 Å². The second-order valence-corrected chi connectivity index (χ2v) is 6.74. The smallest absolute Gasteiger partial charge is 0.0274 e. The standard InChI is InChI=1S/C20H28/c1-15(9-12-19-8-6-5-7-17(19)3)10-13-20-14-11-16(2)18(20)4/h5-8,15-16,18,20H,10-11,13-14H2,1-4H3. The van der Waals surface area contributed by atoms with Gasteiger partial charge in [-0.05, 0) is 55.6 Å². The minimum atomic E-state index is 0.512. The summed E-state index contributed by atoms with van der Waals surface area (Å²) in [4.78, 5) is 0. The first kappa shape index (κ1) is 15.2. The molecule has 0 aliphatic heterocycles. The molecule has 0 heterocycles. The van der Waals surface area contributed by atoms with E-state index in [0.717, 1.165) is 17.8 Å². The average Bonchev–Trinajstić information content (AvgIpc) is 2.76. The Bertz CT molecular complexity index is 488. The van der Waals surface area contributed by atoms with Gasteiger partial charge in [-0.25, -0.2) is 0 Å². The highest BCUT2D eigenvalue weighted by Crippen LogP contribution is 2.39. The van der Waals surface area contributed by atoms with E-state index in [-0.39, 0.29) is 0 Å². The highest BCUT2D eigenvalue weighted by molar-refractivity contribution is 5.40. The molecule has 0 nitrogen and oxygen atoms in total. The molecule has 1 aromatic rings. The molecule has 1 aromatic carbocycles. The van der Waals surface area contributed by atoms with Crippen molar-refractivity contribution >= 4 is 0 Å². The summed E-state index contributed by atoms with van der Waals surface area (Å²) >= 11 is 0. The van der Waals surface area contributed by atoms with Gasteiger partial charge >= 0.3 is 0 Å². The average molecular weight is 268 g/mol. The molecule has 0 aromatic heterocycles. The lowest BCUT2D eigenvalue weighted by Crippen LogP contribution is -2.09. The molecule has 0 amide bonds. The minimum absolute atomic E-state index is 0.512. The molecule has 1 aliphatic carbocycles. The van der Waals surface area contributed by atoms with Gasteiger partial charge in [-0.15, -0.1) is 0 Å². The molecule has 0 radical (unpaired) electrons. The summed E-state index contributed by atoms with van der Waals surface area (Å²) in [7, 11) is 0. The third kappa shape index (κ3) is 3.89. The lowest BCUT2D eigenvalue weighted by molar-refractivity contribution is 0.325. The van der Waals surface area contributed by atoms with Crippen molar-refractivity contribution in [3.05, 3.63) is 35.4 Å². The zero-order chi connectivity index (χ0) is 14.5. The molecule has 0 bridgehead atoms. The first-order chi connectivity index (χ1) is 9.58. The van der Waals surface area contributed by atoms with E-state index in [1.165, 1.54) is 36.8 Å². The summed E-state index contributed by atoms with van der Waals surface area (Å²) in [6.45, 7) is 9.25. The van der Waals surface area contributed by atoms with Crippen molar-refractivity contribution in [2.24, 2.45) is 23.7 Å². The Kier molecular flexibility index (Phi) is 5.30. The van der Waals surface area contributed by atoms with Gasteiger partial charge in [0.2, 0.25) is 0 Å². The van der Waals surface area contributed by atoms with Crippen LogP contribution in [0.25, 0.3) is 0 Å². The lowest BCUT2D eigenvalue weighted by atomic mass is 9.87. The van der Waals surface area contributed by atoms with Gasteiger partial charge in [0.1, 0.15) is 0 Å². The molecule has 0 spiro atoms. The van der Waals surface area contributed by atoms with E-state index in [4.69, 9.17) is 0 Å². The van der Waals surface area contributed by atoms with Crippen molar-refractivity contribution in [3.8, 4) is 11.8 Å². The maximum Gasteiger partial charge on any atom is 0.0274 e. The fourth-order valence-corrected chi connectivity index (χ4v) is 3.32. The topological polar surface area (TPSA) is 0 Å². The van der Waals surface area contributed by atoms with Crippen LogP contribution in [0.1, 0.15) is 57.6 Å². The molecule has 108 valence electrons. The fourth-order valence-electron chi connectivity index (χ4n) is 3.32. The Labute approximate surface area is 125 Å². The number of benzene rings is 1. The molecule has 1 saturated carbocycles. The molecule has 0 saturated heterocycles.